The Balaban J connectivity index is 2.78. The van der Waals surface area contributed by atoms with E-state index in [4.69, 9.17) is 5.11 Å². The van der Waals surface area contributed by atoms with Gasteiger partial charge in [0.05, 0.1) is 10.5 Å². The number of hydrogen-bond acceptors (Lipinski definition) is 4. The zero-order valence-corrected chi connectivity index (χ0v) is 9.50. The van der Waals surface area contributed by atoms with Crippen molar-refractivity contribution in [2.75, 3.05) is 6.61 Å². The molecule has 1 rings (SSSR count). The lowest BCUT2D eigenvalue weighted by Crippen LogP contribution is -2.34. The topological polar surface area (TPSA) is 59.4 Å². The molecule has 0 atom stereocenters. The number of carbonyl (C=O) groups is 1. The van der Waals surface area contributed by atoms with Gasteiger partial charge in [-0.1, -0.05) is 0 Å². The number of carboxylic acid groups (broad SMARTS) is 1. The van der Waals surface area contributed by atoms with Crippen LogP contribution in [-0.4, -0.2) is 35.0 Å². The minimum atomic E-state index is -4.31. The number of carboxylic acids is 1. The van der Waals surface area contributed by atoms with Crippen LogP contribution in [0.5, 0.6) is 5.88 Å². The van der Waals surface area contributed by atoms with E-state index < -0.39 is 30.8 Å². The maximum atomic E-state index is 12.5. The largest absolute Gasteiger partial charge is 0.478 e. The third-order valence-electron chi connectivity index (χ3n) is 1.80. The molecule has 0 aliphatic carbocycles. The van der Waals surface area contributed by atoms with E-state index >= 15 is 0 Å². The van der Waals surface area contributed by atoms with Gasteiger partial charge < -0.3 is 9.84 Å². The molecule has 0 unspecified atom stereocenters. The first kappa shape index (κ1) is 14.6. The molecule has 0 amide bonds. The van der Waals surface area contributed by atoms with Gasteiger partial charge in [0.25, 0.3) is 0 Å². The minimum absolute atomic E-state index is 0.139. The third-order valence-corrected chi connectivity index (χ3v) is 2.12. The average Bonchev–Trinajstić information content (AvgIpc) is 2.26. The van der Waals surface area contributed by atoms with Crippen molar-refractivity contribution in [3.63, 3.8) is 0 Å². The molecular formula is C9H7F4NO3S. The first-order valence-electron chi connectivity index (χ1n) is 4.45. The Morgan fingerprint density at radius 3 is 2.61 bits per heavy atom. The van der Waals surface area contributed by atoms with Gasteiger partial charge >= 0.3 is 18.3 Å². The normalized spacial score (nSPS) is 11.7. The molecule has 18 heavy (non-hydrogen) atoms. The lowest BCUT2D eigenvalue weighted by Gasteiger charge is -2.16. The summed E-state index contributed by atoms with van der Waals surface area (Å²) in [6, 6.07) is 1.01. The van der Waals surface area contributed by atoms with Crippen molar-refractivity contribution in [1.29, 1.82) is 0 Å². The second-order valence-corrected chi connectivity index (χ2v) is 3.69. The number of aromatic carboxylic acids is 1. The lowest BCUT2D eigenvalue weighted by atomic mass is 10.3. The van der Waals surface area contributed by atoms with Crippen LogP contribution in [0.2, 0.25) is 0 Å². The molecule has 0 aromatic carbocycles. The number of pyridine rings is 1. The molecular weight excluding hydrogens is 278 g/mol. The van der Waals surface area contributed by atoms with Crippen molar-refractivity contribution < 1.29 is 32.2 Å². The fourth-order valence-electron chi connectivity index (χ4n) is 0.896. The molecule has 0 bridgehead atoms. The summed E-state index contributed by atoms with van der Waals surface area (Å²) in [4.78, 5) is 13.8. The molecule has 100 valence electrons. The van der Waals surface area contributed by atoms with E-state index in [-0.39, 0.29) is 10.5 Å². The van der Waals surface area contributed by atoms with Gasteiger partial charge in [-0.05, 0) is 6.07 Å². The molecule has 4 nitrogen and oxygen atoms in total. The van der Waals surface area contributed by atoms with Crippen LogP contribution in [-0.2, 0) is 0 Å². The van der Waals surface area contributed by atoms with Crippen LogP contribution in [0.1, 0.15) is 10.4 Å². The van der Waals surface area contributed by atoms with Gasteiger partial charge in [-0.3, -0.25) is 0 Å². The summed E-state index contributed by atoms with van der Waals surface area (Å²) in [6.07, 6.45) is -3.02. The number of aromatic nitrogens is 1. The number of ether oxygens (including phenoxy) is 1. The van der Waals surface area contributed by atoms with Crippen LogP contribution >= 0.6 is 12.6 Å². The van der Waals surface area contributed by atoms with E-state index in [0.29, 0.717) is 0 Å². The highest BCUT2D eigenvalue weighted by molar-refractivity contribution is 7.80. The van der Waals surface area contributed by atoms with Crippen LogP contribution in [0.4, 0.5) is 17.6 Å². The number of alkyl halides is 4. The van der Waals surface area contributed by atoms with Gasteiger partial charge in [0.2, 0.25) is 5.88 Å². The Kier molecular flexibility index (Phi) is 4.38. The maximum Gasteiger partial charge on any atom is 0.340 e. The van der Waals surface area contributed by atoms with Gasteiger partial charge in [-0.2, -0.15) is 8.78 Å². The molecule has 0 aliphatic rings. The van der Waals surface area contributed by atoms with E-state index in [9.17, 15) is 22.4 Å². The fraction of sp³-hybridized carbons (Fsp3) is 0.333. The standard InChI is InChI=1S/C9H7F4NO3S/c10-8(11)9(12,13)3-17-6-5(18)1-4(2-14-6)7(15)16/h1-2,8,18H,3H2,(H,15,16). The van der Waals surface area contributed by atoms with E-state index in [0.717, 1.165) is 12.3 Å². The second-order valence-electron chi connectivity index (χ2n) is 3.20. The molecule has 9 heteroatoms. The quantitative estimate of drug-likeness (QED) is 0.644. The van der Waals surface area contributed by atoms with Gasteiger partial charge in [-0.25, -0.2) is 18.6 Å². The van der Waals surface area contributed by atoms with Crippen molar-refractivity contribution in [2.45, 2.75) is 17.2 Å². The van der Waals surface area contributed by atoms with Crippen molar-refractivity contribution in [2.24, 2.45) is 0 Å². The summed E-state index contributed by atoms with van der Waals surface area (Å²) in [6.45, 7) is -1.57. The summed E-state index contributed by atoms with van der Waals surface area (Å²) in [7, 11) is 0. The van der Waals surface area contributed by atoms with E-state index in [1.165, 1.54) is 0 Å². The Morgan fingerprint density at radius 2 is 2.17 bits per heavy atom. The van der Waals surface area contributed by atoms with Crippen LogP contribution < -0.4 is 4.74 Å². The number of halogens is 4. The highest BCUT2D eigenvalue weighted by Gasteiger charge is 2.42. The average molecular weight is 285 g/mol. The molecule has 1 heterocycles. The molecule has 0 aliphatic heterocycles. The van der Waals surface area contributed by atoms with Crippen LogP contribution in [0.15, 0.2) is 17.2 Å². The molecule has 1 aromatic heterocycles. The van der Waals surface area contributed by atoms with Gasteiger partial charge in [0.1, 0.15) is 0 Å². The summed E-state index contributed by atoms with van der Waals surface area (Å²) in [5.74, 6) is -6.04. The molecule has 0 fully saturated rings. The molecule has 0 radical (unpaired) electrons. The molecule has 1 N–H and O–H groups in total. The van der Waals surface area contributed by atoms with Crippen LogP contribution in [0.25, 0.3) is 0 Å². The van der Waals surface area contributed by atoms with E-state index in [1.807, 2.05) is 0 Å². The predicted octanol–water partition coefficient (Wildman–Crippen LogP) is 2.35. The molecule has 0 saturated heterocycles. The number of nitrogens with zero attached hydrogens (tertiary/aromatic N) is 1. The Morgan fingerprint density at radius 1 is 1.56 bits per heavy atom. The number of hydrogen-bond donors (Lipinski definition) is 2. The van der Waals surface area contributed by atoms with Crippen LogP contribution in [0, 0.1) is 0 Å². The smallest absolute Gasteiger partial charge is 0.340 e. The summed E-state index contributed by atoms with van der Waals surface area (Å²) < 4.78 is 53.2. The first-order chi connectivity index (χ1) is 8.24. The van der Waals surface area contributed by atoms with E-state index in [2.05, 4.69) is 22.3 Å². The van der Waals surface area contributed by atoms with Crippen LogP contribution in [0.3, 0.4) is 0 Å². The van der Waals surface area contributed by atoms with Gasteiger partial charge in [0, 0.05) is 6.20 Å². The van der Waals surface area contributed by atoms with Crippen molar-refractivity contribution in [1.82, 2.24) is 4.98 Å². The molecule has 0 spiro atoms. The molecule has 1 aromatic rings. The van der Waals surface area contributed by atoms with E-state index in [1.54, 1.807) is 0 Å². The maximum absolute atomic E-state index is 12.5. The second kappa shape index (κ2) is 5.42. The van der Waals surface area contributed by atoms with Crippen molar-refractivity contribution >= 4 is 18.6 Å². The highest BCUT2D eigenvalue weighted by Crippen LogP contribution is 2.26. The van der Waals surface area contributed by atoms with Gasteiger partial charge in [-0.15, -0.1) is 12.6 Å². The summed E-state index contributed by atoms with van der Waals surface area (Å²) in [5, 5.41) is 8.60. The Bertz CT molecular complexity index is 455. The van der Waals surface area contributed by atoms with Gasteiger partial charge in [0.15, 0.2) is 6.61 Å². The lowest BCUT2D eigenvalue weighted by molar-refractivity contribution is -0.149. The third kappa shape index (κ3) is 3.49. The summed E-state index contributed by atoms with van der Waals surface area (Å²) in [5.41, 5.74) is -0.229. The van der Waals surface area contributed by atoms with Crippen molar-refractivity contribution in [3.05, 3.63) is 17.8 Å². The predicted molar refractivity (Wildman–Crippen MR) is 54.9 cm³/mol. The highest BCUT2D eigenvalue weighted by atomic mass is 32.1. The number of thiol groups is 1. The SMILES string of the molecule is O=C(O)c1cnc(OCC(F)(F)C(F)F)c(S)c1. The summed E-state index contributed by atoms with van der Waals surface area (Å²) >= 11 is 3.76. The zero-order valence-electron chi connectivity index (χ0n) is 8.61. The minimum Gasteiger partial charge on any atom is -0.478 e. The van der Waals surface area contributed by atoms with Crippen molar-refractivity contribution in [3.8, 4) is 5.88 Å². The fourth-order valence-corrected chi connectivity index (χ4v) is 1.16. The monoisotopic (exact) mass is 285 g/mol. The number of rotatable bonds is 5. The Labute approximate surface area is 104 Å². The molecule has 0 saturated carbocycles. The Hall–Kier alpha value is -1.51. The zero-order chi connectivity index (χ0) is 13.9. The first-order valence-corrected chi connectivity index (χ1v) is 4.90.